The summed E-state index contributed by atoms with van der Waals surface area (Å²) in [5.74, 6) is 3.93. The van der Waals surface area contributed by atoms with Gasteiger partial charge in [0.25, 0.3) is 0 Å². The number of benzene rings is 1. The van der Waals surface area contributed by atoms with Crippen molar-refractivity contribution in [3.8, 4) is 17.2 Å². The van der Waals surface area contributed by atoms with Crippen LogP contribution < -0.4 is 19.6 Å². The molecular formula is C12H12N4O3S. The minimum atomic E-state index is 0.262. The maximum Gasteiger partial charge on any atom is 0.231 e. The van der Waals surface area contributed by atoms with Crippen molar-refractivity contribution < 1.29 is 14.2 Å². The number of thioether (sulfide) groups is 1. The van der Waals surface area contributed by atoms with Gasteiger partial charge in [0.2, 0.25) is 11.9 Å². The number of nitrogens with one attached hydrogen (secondary N) is 1. The summed E-state index contributed by atoms with van der Waals surface area (Å²) in [7, 11) is 0. The van der Waals surface area contributed by atoms with Crippen molar-refractivity contribution in [3.63, 3.8) is 0 Å². The van der Waals surface area contributed by atoms with E-state index in [9.17, 15) is 0 Å². The molecule has 0 amide bonds. The second-order valence-electron chi connectivity index (χ2n) is 4.29. The smallest absolute Gasteiger partial charge is 0.231 e. The number of ether oxygens (including phenoxy) is 3. The first-order valence-corrected chi connectivity index (χ1v) is 7.22. The van der Waals surface area contributed by atoms with Crippen LogP contribution in [0.25, 0.3) is 0 Å². The molecule has 2 aliphatic heterocycles. The van der Waals surface area contributed by atoms with E-state index in [1.165, 1.54) is 0 Å². The van der Waals surface area contributed by atoms with Gasteiger partial charge in [0.05, 0.1) is 0 Å². The molecule has 0 bridgehead atoms. The van der Waals surface area contributed by atoms with E-state index < -0.39 is 0 Å². The van der Waals surface area contributed by atoms with Crippen LogP contribution in [0.1, 0.15) is 5.82 Å². The summed E-state index contributed by atoms with van der Waals surface area (Å²) in [4.78, 5) is 0. The molecule has 0 radical (unpaired) electrons. The highest BCUT2D eigenvalue weighted by Gasteiger charge is 2.17. The highest BCUT2D eigenvalue weighted by atomic mass is 32.2. The summed E-state index contributed by atoms with van der Waals surface area (Å²) in [6.07, 6.45) is 0. The Labute approximate surface area is 119 Å². The van der Waals surface area contributed by atoms with Crippen molar-refractivity contribution in [1.29, 1.82) is 0 Å². The first kappa shape index (κ1) is 11.7. The van der Waals surface area contributed by atoms with Crippen LogP contribution in [0.4, 0.5) is 0 Å². The third-order valence-corrected chi connectivity index (χ3v) is 3.95. The van der Waals surface area contributed by atoms with E-state index in [1.54, 1.807) is 11.8 Å². The van der Waals surface area contributed by atoms with E-state index in [4.69, 9.17) is 14.2 Å². The first-order valence-electron chi connectivity index (χ1n) is 6.23. The molecule has 0 unspecified atom stereocenters. The number of rotatable bonds is 3. The van der Waals surface area contributed by atoms with Crippen molar-refractivity contribution in [2.75, 3.05) is 24.5 Å². The van der Waals surface area contributed by atoms with Gasteiger partial charge in [-0.1, -0.05) is 11.8 Å². The highest BCUT2D eigenvalue weighted by Crippen LogP contribution is 2.35. The largest absolute Gasteiger partial charge is 0.485 e. The molecule has 20 heavy (non-hydrogen) atoms. The van der Waals surface area contributed by atoms with E-state index in [0.717, 1.165) is 34.8 Å². The minimum absolute atomic E-state index is 0.262. The molecule has 2 aliphatic rings. The molecule has 0 spiro atoms. The molecule has 3 heterocycles. The van der Waals surface area contributed by atoms with Crippen LogP contribution in [-0.4, -0.2) is 34.0 Å². The van der Waals surface area contributed by atoms with E-state index in [-0.39, 0.29) is 6.79 Å². The van der Waals surface area contributed by atoms with Crippen LogP contribution in [-0.2, 0) is 6.61 Å². The van der Waals surface area contributed by atoms with Gasteiger partial charge in [-0.25, -0.2) is 4.68 Å². The zero-order valence-corrected chi connectivity index (χ0v) is 11.4. The molecule has 4 rings (SSSR count). The molecule has 0 fully saturated rings. The molecule has 1 aromatic carbocycles. The van der Waals surface area contributed by atoms with Gasteiger partial charge in [0.1, 0.15) is 12.4 Å². The third-order valence-electron chi connectivity index (χ3n) is 3.02. The summed E-state index contributed by atoms with van der Waals surface area (Å²) in [6.45, 7) is 1.50. The molecule has 8 heteroatoms. The Morgan fingerprint density at radius 3 is 3.25 bits per heavy atom. The Morgan fingerprint density at radius 1 is 1.30 bits per heavy atom. The molecule has 0 atom stereocenters. The lowest BCUT2D eigenvalue weighted by Crippen LogP contribution is -2.25. The fourth-order valence-electron chi connectivity index (χ4n) is 2.06. The van der Waals surface area contributed by atoms with Crippen LogP contribution >= 0.6 is 11.8 Å². The lowest BCUT2D eigenvalue weighted by molar-refractivity contribution is 0.173. The number of aromatic nitrogens is 3. The predicted octanol–water partition coefficient (Wildman–Crippen LogP) is 1.23. The molecule has 7 nitrogen and oxygen atoms in total. The van der Waals surface area contributed by atoms with E-state index in [0.29, 0.717) is 12.4 Å². The Hall–Kier alpha value is -2.09. The van der Waals surface area contributed by atoms with Crippen LogP contribution in [0.5, 0.6) is 17.2 Å². The second kappa shape index (κ2) is 4.78. The van der Waals surface area contributed by atoms with Crippen molar-refractivity contribution in [2.45, 2.75) is 11.8 Å². The Kier molecular flexibility index (Phi) is 2.80. The Balaban J connectivity index is 1.49. The van der Waals surface area contributed by atoms with Crippen LogP contribution in [0.15, 0.2) is 23.4 Å². The van der Waals surface area contributed by atoms with E-state index in [1.807, 2.05) is 22.9 Å². The molecule has 1 N–H and O–H groups in total. The zero-order valence-electron chi connectivity index (χ0n) is 10.5. The van der Waals surface area contributed by atoms with E-state index >= 15 is 0 Å². The summed E-state index contributed by atoms with van der Waals surface area (Å²) in [5, 5.41) is 9.13. The van der Waals surface area contributed by atoms with Gasteiger partial charge in [0.15, 0.2) is 17.3 Å². The first-order chi connectivity index (χ1) is 9.90. The van der Waals surface area contributed by atoms with Crippen LogP contribution in [0.2, 0.25) is 0 Å². The number of fused-ring (bicyclic) bond motifs is 2. The standard InChI is InChI=1S/C12H12N4O3S/c1-2-9-10(19-7-18-9)5-8(1)17-6-11-14-15-12-16(11)13-3-4-20-12/h1-2,5,13H,3-4,6-7H2. The van der Waals surface area contributed by atoms with Gasteiger partial charge < -0.3 is 19.6 Å². The average molecular weight is 292 g/mol. The molecule has 0 aliphatic carbocycles. The summed E-state index contributed by atoms with van der Waals surface area (Å²) < 4.78 is 18.2. The van der Waals surface area contributed by atoms with Crippen molar-refractivity contribution >= 4 is 11.8 Å². The molecule has 0 saturated carbocycles. The fourth-order valence-corrected chi connectivity index (χ4v) is 2.83. The topological polar surface area (TPSA) is 70.4 Å². The van der Waals surface area contributed by atoms with Crippen molar-refractivity contribution in [3.05, 3.63) is 24.0 Å². The lowest BCUT2D eigenvalue weighted by Gasteiger charge is -2.16. The number of nitrogens with zero attached hydrogens (tertiary/aromatic N) is 3. The van der Waals surface area contributed by atoms with Gasteiger partial charge >= 0.3 is 0 Å². The lowest BCUT2D eigenvalue weighted by atomic mass is 10.3. The van der Waals surface area contributed by atoms with Gasteiger partial charge in [0, 0.05) is 18.4 Å². The monoisotopic (exact) mass is 292 g/mol. The maximum absolute atomic E-state index is 5.73. The predicted molar refractivity (Wildman–Crippen MR) is 71.9 cm³/mol. The molecule has 0 saturated heterocycles. The van der Waals surface area contributed by atoms with Gasteiger partial charge in [-0.2, -0.15) is 0 Å². The quantitative estimate of drug-likeness (QED) is 0.912. The molecule has 104 valence electrons. The Morgan fingerprint density at radius 2 is 2.25 bits per heavy atom. The van der Waals surface area contributed by atoms with Gasteiger partial charge in [-0.15, -0.1) is 10.2 Å². The fraction of sp³-hybridized carbons (Fsp3) is 0.333. The highest BCUT2D eigenvalue weighted by molar-refractivity contribution is 7.99. The Bertz CT molecular complexity index is 646. The van der Waals surface area contributed by atoms with Crippen molar-refractivity contribution in [1.82, 2.24) is 14.9 Å². The zero-order chi connectivity index (χ0) is 13.4. The average Bonchev–Trinajstić information content (AvgIpc) is 3.11. The van der Waals surface area contributed by atoms with E-state index in [2.05, 4.69) is 15.6 Å². The number of hydrogen-bond acceptors (Lipinski definition) is 7. The maximum atomic E-state index is 5.73. The SMILES string of the molecule is c1cc2c(cc1OCc1nnc3n1NCCS3)OCO2. The minimum Gasteiger partial charge on any atom is -0.485 e. The number of hydrogen-bond donors (Lipinski definition) is 1. The normalized spacial score (nSPS) is 15.6. The molecule has 1 aromatic heterocycles. The van der Waals surface area contributed by atoms with Crippen molar-refractivity contribution in [2.24, 2.45) is 0 Å². The van der Waals surface area contributed by atoms with Gasteiger partial charge in [-0.3, -0.25) is 0 Å². The van der Waals surface area contributed by atoms with Crippen LogP contribution in [0.3, 0.4) is 0 Å². The summed E-state index contributed by atoms with van der Waals surface area (Å²) >= 11 is 1.68. The third kappa shape index (κ3) is 2.01. The summed E-state index contributed by atoms with van der Waals surface area (Å²) in [5.41, 5.74) is 3.24. The van der Waals surface area contributed by atoms with Crippen LogP contribution in [0, 0.1) is 0 Å². The van der Waals surface area contributed by atoms with Gasteiger partial charge in [-0.05, 0) is 12.1 Å². The molecular weight excluding hydrogens is 280 g/mol. The summed E-state index contributed by atoms with van der Waals surface area (Å²) in [6, 6.07) is 5.51. The molecule has 2 aromatic rings. The second-order valence-corrected chi connectivity index (χ2v) is 5.36.